The van der Waals surface area contributed by atoms with Crippen molar-refractivity contribution in [2.75, 3.05) is 7.05 Å². The molecule has 2 aromatic carbocycles. The molecule has 2 unspecified atom stereocenters. The van der Waals surface area contributed by atoms with Gasteiger partial charge in [-0.25, -0.2) is 8.78 Å². The van der Waals surface area contributed by atoms with Crippen LogP contribution in [-0.2, 0) is 15.2 Å². The highest BCUT2D eigenvalue weighted by Gasteiger charge is 2.45. The van der Waals surface area contributed by atoms with Crippen molar-refractivity contribution < 1.29 is 23.5 Å². The highest BCUT2D eigenvalue weighted by Crippen LogP contribution is 2.35. The van der Waals surface area contributed by atoms with E-state index in [1.54, 1.807) is 12.1 Å². The molecule has 136 valence electrons. The molecule has 0 spiro atoms. The molecule has 0 bridgehead atoms. The van der Waals surface area contributed by atoms with Crippen LogP contribution >= 0.6 is 0 Å². The first-order valence-electron chi connectivity index (χ1n) is 8.03. The first-order valence-corrected chi connectivity index (χ1v) is 8.03. The molecule has 26 heavy (non-hydrogen) atoms. The minimum absolute atomic E-state index is 0.0785. The molecule has 1 amide bonds. The number of likely N-dealkylation sites (N-methyl/N-ethyl adjacent to an activating group) is 1. The summed E-state index contributed by atoms with van der Waals surface area (Å²) in [5.74, 6) is -1.46. The van der Waals surface area contributed by atoms with Crippen molar-refractivity contribution >= 4 is 5.91 Å². The Kier molecular flexibility index (Phi) is 5.01. The van der Waals surface area contributed by atoms with Crippen molar-refractivity contribution in [1.82, 2.24) is 10.8 Å². The van der Waals surface area contributed by atoms with Gasteiger partial charge >= 0.3 is 0 Å². The molecular formula is C19H18F2N2O3. The molecule has 0 saturated heterocycles. The highest BCUT2D eigenvalue weighted by molar-refractivity contribution is 5.90. The summed E-state index contributed by atoms with van der Waals surface area (Å²) in [7, 11) is 1.42. The predicted octanol–water partition coefficient (Wildman–Crippen LogP) is 2.45. The number of aliphatic hydroxyl groups excluding tert-OH is 1. The van der Waals surface area contributed by atoms with E-state index in [0.717, 1.165) is 0 Å². The number of hydroxylamine groups is 1. The summed E-state index contributed by atoms with van der Waals surface area (Å²) in [5, 5.41) is 12.8. The number of carbonyl (C=O) groups excluding carboxylic acids is 1. The van der Waals surface area contributed by atoms with Crippen LogP contribution in [0.5, 0.6) is 0 Å². The van der Waals surface area contributed by atoms with Crippen LogP contribution in [0.25, 0.3) is 0 Å². The Morgan fingerprint density at radius 3 is 2.50 bits per heavy atom. The van der Waals surface area contributed by atoms with Crippen molar-refractivity contribution in [3.63, 3.8) is 0 Å². The molecule has 1 aliphatic heterocycles. The van der Waals surface area contributed by atoms with Crippen LogP contribution in [0, 0.1) is 11.6 Å². The number of carbonyl (C=O) groups is 1. The lowest BCUT2D eigenvalue weighted by molar-refractivity contribution is -0.128. The average Bonchev–Trinajstić information content (AvgIpc) is 3.06. The number of amides is 1. The summed E-state index contributed by atoms with van der Waals surface area (Å²) in [6, 6.07) is 11.7. The van der Waals surface area contributed by atoms with Gasteiger partial charge < -0.3 is 15.3 Å². The lowest BCUT2D eigenvalue weighted by Gasteiger charge is -2.24. The monoisotopic (exact) mass is 360 g/mol. The van der Waals surface area contributed by atoms with Gasteiger partial charge in [-0.3, -0.25) is 4.79 Å². The Balaban J connectivity index is 1.93. The van der Waals surface area contributed by atoms with Crippen LogP contribution in [0.4, 0.5) is 8.78 Å². The standard InChI is InChI=1S/C19H18F2N2O3/c1-22-18(25)19(14-7-3-5-9-16(14)21)11-12(26-23-19)10-17(24)13-6-2-4-8-15(13)20/h2-9,11,17,23-24H,10H2,1H3,(H,22,25). The SMILES string of the molecule is CNC(=O)C1(c2ccccc2F)C=C(CC(O)c2ccccc2F)ON1. The lowest BCUT2D eigenvalue weighted by Crippen LogP contribution is -2.49. The lowest BCUT2D eigenvalue weighted by atomic mass is 9.88. The third-order valence-corrected chi connectivity index (χ3v) is 4.26. The molecule has 3 N–H and O–H groups in total. The molecule has 0 aromatic heterocycles. The Hall–Kier alpha value is -2.77. The van der Waals surface area contributed by atoms with Crippen LogP contribution in [0.1, 0.15) is 23.7 Å². The predicted molar refractivity (Wildman–Crippen MR) is 90.4 cm³/mol. The first-order chi connectivity index (χ1) is 12.5. The van der Waals surface area contributed by atoms with Crippen molar-refractivity contribution in [3.05, 3.63) is 83.1 Å². The molecule has 1 aliphatic rings. The Morgan fingerprint density at radius 1 is 1.19 bits per heavy atom. The zero-order chi connectivity index (χ0) is 18.7. The van der Waals surface area contributed by atoms with Crippen molar-refractivity contribution in [2.24, 2.45) is 0 Å². The van der Waals surface area contributed by atoms with Crippen molar-refractivity contribution in [3.8, 4) is 0 Å². The van der Waals surface area contributed by atoms with E-state index in [4.69, 9.17) is 4.84 Å². The summed E-state index contributed by atoms with van der Waals surface area (Å²) >= 11 is 0. The van der Waals surface area contributed by atoms with Gasteiger partial charge in [0.1, 0.15) is 17.4 Å². The minimum Gasteiger partial charge on any atom is -0.412 e. The molecular weight excluding hydrogens is 342 g/mol. The number of halogens is 2. The van der Waals surface area contributed by atoms with Gasteiger partial charge in [0.15, 0.2) is 5.54 Å². The Bertz CT molecular complexity index is 856. The second kappa shape index (κ2) is 7.23. The number of nitrogens with one attached hydrogen (secondary N) is 2. The average molecular weight is 360 g/mol. The van der Waals surface area contributed by atoms with E-state index >= 15 is 0 Å². The van der Waals surface area contributed by atoms with Gasteiger partial charge in [-0.05, 0) is 18.2 Å². The molecule has 5 nitrogen and oxygen atoms in total. The zero-order valence-electron chi connectivity index (χ0n) is 14.0. The van der Waals surface area contributed by atoms with Gasteiger partial charge in [0.2, 0.25) is 0 Å². The Morgan fingerprint density at radius 2 is 1.85 bits per heavy atom. The largest absolute Gasteiger partial charge is 0.412 e. The van der Waals surface area contributed by atoms with Gasteiger partial charge in [0, 0.05) is 24.6 Å². The van der Waals surface area contributed by atoms with Gasteiger partial charge in [-0.2, -0.15) is 0 Å². The van der Waals surface area contributed by atoms with E-state index in [2.05, 4.69) is 10.8 Å². The zero-order valence-corrected chi connectivity index (χ0v) is 14.0. The molecule has 7 heteroatoms. The molecule has 3 rings (SSSR count). The number of hydrogen-bond donors (Lipinski definition) is 3. The number of hydrogen-bond acceptors (Lipinski definition) is 4. The fourth-order valence-electron chi connectivity index (χ4n) is 2.94. The van der Waals surface area contributed by atoms with E-state index in [1.807, 2.05) is 0 Å². The van der Waals surface area contributed by atoms with E-state index in [-0.39, 0.29) is 23.3 Å². The number of aliphatic hydroxyl groups is 1. The number of benzene rings is 2. The van der Waals surface area contributed by atoms with E-state index in [1.165, 1.54) is 49.5 Å². The van der Waals surface area contributed by atoms with Gasteiger partial charge in [0.05, 0.1) is 6.10 Å². The minimum atomic E-state index is -1.58. The van der Waals surface area contributed by atoms with Gasteiger partial charge in [0.25, 0.3) is 5.91 Å². The summed E-state index contributed by atoms with van der Waals surface area (Å²) in [6.45, 7) is 0. The second-order valence-electron chi connectivity index (χ2n) is 5.92. The van der Waals surface area contributed by atoms with E-state index < -0.39 is 29.2 Å². The van der Waals surface area contributed by atoms with Crippen LogP contribution in [0.15, 0.2) is 60.4 Å². The Labute approximate surface area is 149 Å². The third-order valence-electron chi connectivity index (χ3n) is 4.26. The first kappa shape index (κ1) is 18.0. The highest BCUT2D eigenvalue weighted by atomic mass is 19.1. The fraction of sp³-hybridized carbons (Fsp3) is 0.211. The summed E-state index contributed by atoms with van der Waals surface area (Å²) in [5.41, 5.74) is 1.16. The maximum absolute atomic E-state index is 14.3. The summed E-state index contributed by atoms with van der Waals surface area (Å²) in [6.07, 6.45) is 0.139. The van der Waals surface area contributed by atoms with Gasteiger partial charge in [-0.1, -0.05) is 36.4 Å². The van der Waals surface area contributed by atoms with Crippen LogP contribution < -0.4 is 10.8 Å². The molecule has 0 radical (unpaired) electrons. The maximum Gasteiger partial charge on any atom is 0.252 e. The third kappa shape index (κ3) is 3.18. The second-order valence-corrected chi connectivity index (χ2v) is 5.92. The van der Waals surface area contributed by atoms with E-state index in [9.17, 15) is 18.7 Å². The quantitative estimate of drug-likeness (QED) is 0.766. The van der Waals surface area contributed by atoms with Gasteiger partial charge in [-0.15, -0.1) is 5.48 Å². The van der Waals surface area contributed by atoms with Crippen LogP contribution in [0.2, 0.25) is 0 Å². The van der Waals surface area contributed by atoms with Crippen molar-refractivity contribution in [2.45, 2.75) is 18.1 Å². The molecule has 1 heterocycles. The summed E-state index contributed by atoms with van der Waals surface area (Å²) < 4.78 is 28.1. The normalized spacial score (nSPS) is 20.2. The molecule has 2 aromatic rings. The van der Waals surface area contributed by atoms with E-state index in [0.29, 0.717) is 0 Å². The fourth-order valence-corrected chi connectivity index (χ4v) is 2.94. The van der Waals surface area contributed by atoms with Crippen LogP contribution in [0.3, 0.4) is 0 Å². The molecule has 2 atom stereocenters. The smallest absolute Gasteiger partial charge is 0.252 e. The topological polar surface area (TPSA) is 70.6 Å². The van der Waals surface area contributed by atoms with Crippen molar-refractivity contribution in [1.29, 1.82) is 0 Å². The molecule has 0 aliphatic carbocycles. The summed E-state index contributed by atoms with van der Waals surface area (Å²) in [4.78, 5) is 17.8. The maximum atomic E-state index is 14.3. The molecule has 0 fully saturated rings. The molecule has 0 saturated carbocycles. The number of rotatable bonds is 5. The van der Waals surface area contributed by atoms with Crippen LogP contribution in [-0.4, -0.2) is 18.1 Å².